The van der Waals surface area contributed by atoms with Gasteiger partial charge in [0.1, 0.15) is 18.5 Å². The summed E-state index contributed by atoms with van der Waals surface area (Å²) < 4.78 is 5.61. The van der Waals surface area contributed by atoms with Crippen molar-refractivity contribution in [2.24, 2.45) is 0 Å². The summed E-state index contributed by atoms with van der Waals surface area (Å²) in [5.74, 6) is 0.393. The topological polar surface area (TPSA) is 75.6 Å². The smallest absolute Gasteiger partial charge is 0.286 e. The molecule has 3 rings (SSSR count). The van der Waals surface area contributed by atoms with E-state index in [2.05, 4.69) is 5.32 Å². The average molecular weight is 380 g/mol. The molecule has 1 fully saturated rings. The van der Waals surface area contributed by atoms with Gasteiger partial charge in [0.2, 0.25) is 5.91 Å². The van der Waals surface area contributed by atoms with Crippen molar-refractivity contribution < 1.29 is 19.4 Å². The van der Waals surface area contributed by atoms with Crippen LogP contribution in [0.2, 0.25) is 0 Å². The molecule has 1 aliphatic heterocycles. The average Bonchev–Trinajstić information content (AvgIpc) is 2.92. The number of carbonyl (C=O) groups excluding carboxylic acids is 2. The van der Waals surface area contributed by atoms with Gasteiger partial charge in [-0.1, -0.05) is 42.1 Å². The lowest BCUT2D eigenvalue weighted by Gasteiger charge is -2.17. The number of carbonyl (C=O) groups is 2. The highest BCUT2D eigenvalue weighted by molar-refractivity contribution is 8.15. The predicted molar refractivity (Wildman–Crippen MR) is 98.0 cm³/mol. The van der Waals surface area contributed by atoms with Crippen molar-refractivity contribution in [1.82, 2.24) is 5.32 Å². The Labute approximate surface area is 155 Å². The van der Waals surface area contributed by atoms with Gasteiger partial charge in [0, 0.05) is 0 Å². The van der Waals surface area contributed by atoms with Crippen molar-refractivity contribution in [1.29, 1.82) is 0 Å². The normalized spacial score (nSPS) is 24.0. The molecule has 25 heavy (non-hydrogen) atoms. The number of benzene rings is 1. The molecule has 0 aromatic heterocycles. The van der Waals surface area contributed by atoms with E-state index >= 15 is 0 Å². The highest BCUT2D eigenvalue weighted by atomic mass is 35.5. The lowest BCUT2D eigenvalue weighted by molar-refractivity contribution is -0.118. The standard InChI is InChI=1S/C18H18ClNO4S/c19-13-5-3-12(4-6-13)15(21)10-24-14-7-1-11(2-8-14)9-16-17(22)20-18(23)25-16/h1-5,7-8,13,15-16,21H,6,9-10H2,(H,20,22,23). The largest absolute Gasteiger partial charge is 0.491 e. The molecule has 2 amide bonds. The lowest BCUT2D eigenvalue weighted by atomic mass is 10.0. The highest BCUT2D eigenvalue weighted by Crippen LogP contribution is 2.24. The van der Waals surface area contributed by atoms with Crippen LogP contribution in [0, 0.1) is 0 Å². The molecule has 2 aliphatic rings. The number of hydrogen-bond acceptors (Lipinski definition) is 5. The van der Waals surface area contributed by atoms with E-state index in [1.165, 1.54) is 0 Å². The molecule has 1 aromatic rings. The third-order valence-electron chi connectivity index (χ3n) is 3.98. The molecular weight excluding hydrogens is 362 g/mol. The van der Waals surface area contributed by atoms with Crippen LogP contribution >= 0.6 is 23.4 Å². The SMILES string of the molecule is O=C1NC(=O)C(Cc2ccc(OCC(O)C3=CCC(Cl)C=C3)cc2)S1. The van der Waals surface area contributed by atoms with Crippen molar-refractivity contribution in [2.75, 3.05) is 6.61 Å². The van der Waals surface area contributed by atoms with Crippen LogP contribution in [0.3, 0.4) is 0 Å². The molecule has 132 valence electrons. The summed E-state index contributed by atoms with van der Waals surface area (Å²) in [5.41, 5.74) is 1.75. The summed E-state index contributed by atoms with van der Waals surface area (Å²) >= 11 is 6.98. The van der Waals surface area contributed by atoms with E-state index in [-0.39, 0.29) is 28.4 Å². The maximum atomic E-state index is 11.6. The Kier molecular flexibility index (Phi) is 5.83. The van der Waals surface area contributed by atoms with Crippen LogP contribution in [0.1, 0.15) is 12.0 Å². The number of alkyl halides is 1. The number of thioether (sulfide) groups is 1. The minimum absolute atomic E-state index is 0.0141. The summed E-state index contributed by atoms with van der Waals surface area (Å²) in [4.78, 5) is 22.8. The van der Waals surface area contributed by atoms with Gasteiger partial charge in [-0.2, -0.15) is 0 Å². The zero-order valence-electron chi connectivity index (χ0n) is 13.4. The summed E-state index contributed by atoms with van der Waals surface area (Å²) in [7, 11) is 0. The van der Waals surface area contributed by atoms with Gasteiger partial charge in [-0.3, -0.25) is 14.9 Å². The first kappa shape index (κ1) is 18.0. The fourth-order valence-electron chi connectivity index (χ4n) is 2.59. The first-order chi connectivity index (χ1) is 12.0. The van der Waals surface area contributed by atoms with Gasteiger partial charge in [0.05, 0.1) is 10.6 Å². The molecule has 1 heterocycles. The van der Waals surface area contributed by atoms with E-state index in [1.54, 1.807) is 12.1 Å². The molecule has 1 saturated heterocycles. The molecule has 0 bridgehead atoms. The van der Waals surface area contributed by atoms with Crippen molar-refractivity contribution >= 4 is 34.5 Å². The summed E-state index contributed by atoms with van der Waals surface area (Å²) in [6, 6.07) is 7.30. The summed E-state index contributed by atoms with van der Waals surface area (Å²) in [6.07, 6.45) is 6.09. The first-order valence-electron chi connectivity index (χ1n) is 7.95. The van der Waals surface area contributed by atoms with Gasteiger partial charge in [0.25, 0.3) is 5.24 Å². The van der Waals surface area contributed by atoms with E-state index in [0.29, 0.717) is 18.6 Å². The monoisotopic (exact) mass is 379 g/mol. The second kappa shape index (κ2) is 8.08. The van der Waals surface area contributed by atoms with Crippen LogP contribution in [0.25, 0.3) is 0 Å². The van der Waals surface area contributed by atoms with Crippen LogP contribution in [0.15, 0.2) is 48.1 Å². The van der Waals surface area contributed by atoms with Gasteiger partial charge in [-0.15, -0.1) is 11.6 Å². The molecule has 0 radical (unpaired) electrons. The highest BCUT2D eigenvalue weighted by Gasteiger charge is 2.31. The van der Waals surface area contributed by atoms with Crippen LogP contribution in [-0.4, -0.2) is 39.6 Å². The van der Waals surface area contributed by atoms with E-state index in [4.69, 9.17) is 16.3 Å². The zero-order chi connectivity index (χ0) is 17.8. The minimum atomic E-state index is -0.704. The summed E-state index contributed by atoms with van der Waals surface area (Å²) in [5, 5.41) is 11.7. The number of aliphatic hydroxyl groups is 1. The van der Waals surface area contributed by atoms with Crippen LogP contribution in [0.4, 0.5) is 4.79 Å². The predicted octanol–water partition coefficient (Wildman–Crippen LogP) is 2.81. The molecule has 0 spiro atoms. The number of hydrogen-bond donors (Lipinski definition) is 2. The molecule has 3 atom stereocenters. The molecule has 1 aliphatic carbocycles. The van der Waals surface area contributed by atoms with Crippen LogP contribution < -0.4 is 10.1 Å². The van der Waals surface area contributed by atoms with Gasteiger partial charge >= 0.3 is 0 Å². The quantitative estimate of drug-likeness (QED) is 0.743. The van der Waals surface area contributed by atoms with Gasteiger partial charge in [-0.05, 0) is 36.1 Å². The molecule has 3 unspecified atom stereocenters. The number of amides is 2. The number of ether oxygens (including phenoxy) is 1. The summed E-state index contributed by atoms with van der Waals surface area (Å²) in [6.45, 7) is 0.151. The van der Waals surface area contributed by atoms with Crippen LogP contribution in [-0.2, 0) is 11.2 Å². The molecule has 0 saturated carbocycles. The van der Waals surface area contributed by atoms with Crippen molar-refractivity contribution in [3.8, 4) is 5.75 Å². The third-order valence-corrected chi connectivity index (χ3v) is 5.29. The molecule has 2 N–H and O–H groups in total. The van der Waals surface area contributed by atoms with Crippen molar-refractivity contribution in [3.63, 3.8) is 0 Å². The Morgan fingerprint density at radius 2 is 2.08 bits per heavy atom. The van der Waals surface area contributed by atoms with E-state index in [0.717, 1.165) is 22.9 Å². The maximum Gasteiger partial charge on any atom is 0.286 e. The fraction of sp³-hybridized carbons (Fsp3) is 0.333. The Balaban J connectivity index is 1.50. The fourth-order valence-corrected chi connectivity index (χ4v) is 3.61. The number of aliphatic hydroxyl groups excluding tert-OH is 1. The molecule has 7 heteroatoms. The van der Waals surface area contributed by atoms with Gasteiger partial charge in [-0.25, -0.2) is 0 Å². The van der Waals surface area contributed by atoms with Crippen molar-refractivity contribution in [3.05, 3.63) is 53.6 Å². The maximum absolute atomic E-state index is 11.6. The van der Waals surface area contributed by atoms with Crippen LogP contribution in [0.5, 0.6) is 5.75 Å². The Morgan fingerprint density at radius 1 is 1.32 bits per heavy atom. The van der Waals surface area contributed by atoms with E-state index in [1.807, 2.05) is 30.4 Å². The van der Waals surface area contributed by atoms with Gasteiger partial charge < -0.3 is 9.84 Å². The molecule has 5 nitrogen and oxygen atoms in total. The second-order valence-electron chi connectivity index (χ2n) is 5.87. The molecule has 1 aromatic carbocycles. The number of halogens is 1. The van der Waals surface area contributed by atoms with Gasteiger partial charge in [0.15, 0.2) is 0 Å². The lowest BCUT2D eigenvalue weighted by Crippen LogP contribution is -2.25. The Bertz CT molecular complexity index is 716. The minimum Gasteiger partial charge on any atom is -0.491 e. The Morgan fingerprint density at radius 3 is 2.68 bits per heavy atom. The Hall–Kier alpha value is -1.76. The number of rotatable bonds is 6. The van der Waals surface area contributed by atoms with Crippen molar-refractivity contribution in [2.45, 2.75) is 29.6 Å². The third kappa shape index (κ3) is 4.87. The molecular formula is C18H18ClNO4S. The zero-order valence-corrected chi connectivity index (χ0v) is 14.9. The first-order valence-corrected chi connectivity index (χ1v) is 9.26. The second-order valence-corrected chi connectivity index (χ2v) is 7.61. The number of imide groups is 1. The number of allylic oxidation sites excluding steroid dienone is 2. The number of nitrogens with one attached hydrogen (secondary N) is 1. The van der Waals surface area contributed by atoms with E-state index in [9.17, 15) is 14.7 Å². The van der Waals surface area contributed by atoms with E-state index < -0.39 is 6.10 Å².